The normalized spacial score (nSPS) is 11.7. The van der Waals surface area contributed by atoms with Gasteiger partial charge in [-0.3, -0.25) is 0 Å². The van der Waals surface area contributed by atoms with E-state index in [-0.39, 0.29) is 18.3 Å². The third kappa shape index (κ3) is 6.15. The highest BCUT2D eigenvalue weighted by molar-refractivity contribution is 9.10. The van der Waals surface area contributed by atoms with Crippen LogP contribution in [0.2, 0.25) is 0 Å². The lowest BCUT2D eigenvalue weighted by Crippen LogP contribution is -2.33. The van der Waals surface area contributed by atoms with E-state index in [2.05, 4.69) is 37.0 Å². The number of alkyl halides is 2. The van der Waals surface area contributed by atoms with Crippen LogP contribution >= 0.6 is 27.3 Å². The Balaban J connectivity index is 1.91. The van der Waals surface area contributed by atoms with Crippen LogP contribution in [0.1, 0.15) is 10.4 Å². The zero-order valence-electron chi connectivity index (χ0n) is 12.1. The predicted molar refractivity (Wildman–Crippen MR) is 92.1 cm³/mol. The number of benzene rings is 1. The van der Waals surface area contributed by atoms with Crippen LogP contribution in [-0.2, 0) is 13.0 Å². The number of rotatable bonds is 7. The monoisotopic (exact) mass is 403 g/mol. The average Bonchev–Trinajstić information content (AvgIpc) is 3.00. The van der Waals surface area contributed by atoms with Crippen molar-refractivity contribution < 1.29 is 13.5 Å². The molecular formula is C15H16BrF2N3OS. The Hall–Kier alpha value is -1.67. The highest BCUT2D eigenvalue weighted by Gasteiger charge is 2.10. The molecule has 0 saturated heterocycles. The first-order valence-corrected chi connectivity index (χ1v) is 8.51. The van der Waals surface area contributed by atoms with Gasteiger partial charge < -0.3 is 15.8 Å². The van der Waals surface area contributed by atoms with Crippen LogP contribution in [0.15, 0.2) is 45.2 Å². The molecule has 0 atom stereocenters. The van der Waals surface area contributed by atoms with Crippen molar-refractivity contribution in [3.8, 4) is 5.75 Å². The minimum atomic E-state index is -2.87. The molecule has 1 aromatic heterocycles. The molecule has 0 amide bonds. The van der Waals surface area contributed by atoms with Crippen molar-refractivity contribution in [1.82, 2.24) is 5.32 Å². The highest BCUT2D eigenvalue weighted by Crippen LogP contribution is 2.25. The van der Waals surface area contributed by atoms with Crippen molar-refractivity contribution >= 4 is 33.2 Å². The second-order valence-corrected chi connectivity index (χ2v) is 6.54. The fourth-order valence-corrected chi connectivity index (χ4v) is 2.99. The Morgan fingerprint density at radius 2 is 2.22 bits per heavy atom. The van der Waals surface area contributed by atoms with E-state index in [1.54, 1.807) is 23.5 Å². The molecular weight excluding hydrogens is 388 g/mol. The van der Waals surface area contributed by atoms with Gasteiger partial charge in [0, 0.05) is 21.5 Å². The molecule has 1 aromatic carbocycles. The molecule has 2 rings (SSSR count). The van der Waals surface area contributed by atoms with E-state index >= 15 is 0 Å². The fraction of sp³-hybridized carbons (Fsp3) is 0.267. The summed E-state index contributed by atoms with van der Waals surface area (Å²) in [5.41, 5.74) is 6.32. The van der Waals surface area contributed by atoms with Crippen LogP contribution < -0.4 is 15.8 Å². The summed E-state index contributed by atoms with van der Waals surface area (Å²) >= 11 is 4.98. The summed E-state index contributed by atoms with van der Waals surface area (Å²) in [5, 5.41) is 5.02. The van der Waals surface area contributed by atoms with Gasteiger partial charge in [0.15, 0.2) is 5.96 Å². The van der Waals surface area contributed by atoms with Gasteiger partial charge in [0.05, 0.1) is 6.54 Å². The highest BCUT2D eigenvalue weighted by atomic mass is 79.9. The van der Waals surface area contributed by atoms with E-state index in [0.29, 0.717) is 12.1 Å². The third-order valence-electron chi connectivity index (χ3n) is 2.92. The lowest BCUT2D eigenvalue weighted by molar-refractivity contribution is -0.0504. The summed E-state index contributed by atoms with van der Waals surface area (Å²) in [6.07, 6.45) is 0.852. The molecule has 0 unspecified atom stereocenters. The molecule has 0 aliphatic rings. The van der Waals surface area contributed by atoms with E-state index in [1.165, 1.54) is 10.9 Å². The van der Waals surface area contributed by atoms with Gasteiger partial charge in [0.1, 0.15) is 5.75 Å². The second kappa shape index (κ2) is 8.83. The maximum absolute atomic E-state index is 12.4. The van der Waals surface area contributed by atoms with Gasteiger partial charge in [0.25, 0.3) is 0 Å². The molecule has 3 N–H and O–H groups in total. The molecule has 0 fully saturated rings. The summed E-state index contributed by atoms with van der Waals surface area (Å²) in [6.45, 7) is -2.06. The number of nitrogens with one attached hydrogen (secondary N) is 1. The zero-order chi connectivity index (χ0) is 16.7. The summed E-state index contributed by atoms with van der Waals surface area (Å²) in [6, 6.07) is 8.83. The fourth-order valence-electron chi connectivity index (χ4n) is 1.88. The molecule has 0 spiro atoms. The number of ether oxygens (including phenoxy) is 1. The molecule has 0 aliphatic carbocycles. The number of nitrogens with zero attached hydrogens (tertiary/aromatic N) is 1. The number of nitrogens with two attached hydrogens (primary N) is 1. The van der Waals surface area contributed by atoms with Crippen LogP contribution in [0.25, 0.3) is 0 Å². The summed E-state index contributed by atoms with van der Waals surface area (Å²) in [4.78, 5) is 5.42. The van der Waals surface area contributed by atoms with Gasteiger partial charge in [-0.1, -0.05) is 22.0 Å². The minimum absolute atomic E-state index is 0.0957. The smallest absolute Gasteiger partial charge is 0.387 e. The number of hydrogen-bond donors (Lipinski definition) is 2. The maximum atomic E-state index is 12.4. The van der Waals surface area contributed by atoms with Gasteiger partial charge in [0.2, 0.25) is 0 Å². The molecule has 0 saturated carbocycles. The van der Waals surface area contributed by atoms with E-state index in [1.807, 2.05) is 11.4 Å². The van der Waals surface area contributed by atoms with Gasteiger partial charge >= 0.3 is 6.61 Å². The molecule has 23 heavy (non-hydrogen) atoms. The topological polar surface area (TPSA) is 59.6 Å². The molecule has 124 valence electrons. The van der Waals surface area contributed by atoms with Gasteiger partial charge in [-0.2, -0.15) is 8.78 Å². The first-order chi connectivity index (χ1) is 11.0. The molecule has 1 heterocycles. The number of aliphatic imine (C=N–C) groups is 1. The molecule has 0 radical (unpaired) electrons. The molecule has 4 nitrogen and oxygen atoms in total. The van der Waals surface area contributed by atoms with Crippen molar-refractivity contribution in [3.05, 3.63) is 50.6 Å². The van der Waals surface area contributed by atoms with Crippen molar-refractivity contribution in [3.63, 3.8) is 0 Å². The summed E-state index contributed by atoms with van der Waals surface area (Å²) in [5.74, 6) is 0.364. The SMILES string of the molecule is NC(=NCc1cc(Br)ccc1OC(F)F)NCCc1cccs1. The molecule has 0 bridgehead atoms. The Morgan fingerprint density at radius 3 is 2.91 bits per heavy atom. The Kier molecular flexibility index (Phi) is 6.79. The van der Waals surface area contributed by atoms with Crippen LogP contribution in [-0.4, -0.2) is 19.1 Å². The first-order valence-electron chi connectivity index (χ1n) is 6.84. The van der Waals surface area contributed by atoms with Crippen LogP contribution in [0.3, 0.4) is 0 Å². The van der Waals surface area contributed by atoms with Crippen LogP contribution in [0, 0.1) is 0 Å². The maximum Gasteiger partial charge on any atom is 0.387 e. The van der Waals surface area contributed by atoms with Crippen LogP contribution in [0.4, 0.5) is 8.78 Å². The van der Waals surface area contributed by atoms with E-state index < -0.39 is 6.61 Å². The molecule has 8 heteroatoms. The second-order valence-electron chi connectivity index (χ2n) is 4.59. The minimum Gasteiger partial charge on any atom is -0.434 e. The van der Waals surface area contributed by atoms with Crippen molar-refractivity contribution in [2.24, 2.45) is 10.7 Å². The van der Waals surface area contributed by atoms with E-state index in [4.69, 9.17) is 5.73 Å². The van der Waals surface area contributed by atoms with Gasteiger partial charge in [-0.15, -0.1) is 11.3 Å². The Morgan fingerprint density at radius 1 is 1.39 bits per heavy atom. The van der Waals surface area contributed by atoms with Crippen molar-refractivity contribution in [2.75, 3.05) is 6.54 Å². The quantitative estimate of drug-likeness (QED) is 0.546. The molecule has 2 aromatic rings. The van der Waals surface area contributed by atoms with Gasteiger partial charge in [-0.05, 0) is 36.1 Å². The van der Waals surface area contributed by atoms with Crippen LogP contribution in [0.5, 0.6) is 5.75 Å². The largest absolute Gasteiger partial charge is 0.434 e. The van der Waals surface area contributed by atoms with E-state index in [0.717, 1.165) is 10.9 Å². The molecule has 0 aliphatic heterocycles. The van der Waals surface area contributed by atoms with E-state index in [9.17, 15) is 8.78 Å². The number of guanidine groups is 1. The predicted octanol–water partition coefficient (Wildman–Crippen LogP) is 3.76. The summed E-state index contributed by atoms with van der Waals surface area (Å²) in [7, 11) is 0. The lowest BCUT2D eigenvalue weighted by Gasteiger charge is -2.10. The zero-order valence-corrected chi connectivity index (χ0v) is 14.5. The first kappa shape index (κ1) is 17.7. The van der Waals surface area contributed by atoms with Crippen molar-refractivity contribution in [2.45, 2.75) is 19.6 Å². The number of halogens is 3. The van der Waals surface area contributed by atoms with Crippen molar-refractivity contribution in [1.29, 1.82) is 0 Å². The number of thiophene rings is 1. The Labute approximate surface area is 145 Å². The number of hydrogen-bond acceptors (Lipinski definition) is 3. The average molecular weight is 404 g/mol. The third-order valence-corrected chi connectivity index (χ3v) is 4.35. The lowest BCUT2D eigenvalue weighted by atomic mass is 10.2. The Bertz CT molecular complexity index is 650. The van der Waals surface area contributed by atoms with Gasteiger partial charge in [-0.25, -0.2) is 4.99 Å². The standard InChI is InChI=1S/C15H16BrF2N3OS/c16-11-3-4-13(22-14(17)18)10(8-11)9-21-15(19)20-6-5-12-2-1-7-23-12/h1-4,7-8,14H,5-6,9H2,(H3,19,20,21). The summed E-state index contributed by atoms with van der Waals surface area (Å²) < 4.78 is 30.0.